The number of ether oxygens (including phenoxy) is 1. The lowest BCUT2D eigenvalue weighted by atomic mass is 10.1. The molecule has 5 N–H and O–H groups in total. The molecule has 0 unspecified atom stereocenters. The fraction of sp³-hybridized carbons (Fsp3) is 0.500. The zero-order valence-corrected chi connectivity index (χ0v) is 10.5. The summed E-state index contributed by atoms with van der Waals surface area (Å²) in [7, 11) is 0. The Bertz CT molecular complexity index is 615. The summed E-state index contributed by atoms with van der Waals surface area (Å²) in [5, 5.41) is 38.5. The Hall–Kier alpha value is -2.21. The highest BCUT2D eigenvalue weighted by molar-refractivity contribution is 6.72. The van der Waals surface area contributed by atoms with Crippen molar-refractivity contribution < 1.29 is 29.6 Å². The van der Waals surface area contributed by atoms with Gasteiger partial charge in [0.2, 0.25) is 5.96 Å². The number of amidine groups is 1. The van der Waals surface area contributed by atoms with Gasteiger partial charge < -0.3 is 20.1 Å². The molecule has 0 bridgehead atoms. The number of fused-ring (bicyclic) bond motifs is 1. The molecule has 11 nitrogen and oxygen atoms in total. The third-order valence-electron chi connectivity index (χ3n) is 3.26. The van der Waals surface area contributed by atoms with Crippen molar-refractivity contribution in [1.82, 2.24) is 10.2 Å². The summed E-state index contributed by atoms with van der Waals surface area (Å²) < 4.78 is 5.09. The van der Waals surface area contributed by atoms with Crippen LogP contribution in [0.15, 0.2) is 9.98 Å². The van der Waals surface area contributed by atoms with E-state index in [1.165, 1.54) is 0 Å². The summed E-state index contributed by atoms with van der Waals surface area (Å²) in [4.78, 5) is 31.2. The van der Waals surface area contributed by atoms with E-state index >= 15 is 0 Å². The predicted octanol–water partition coefficient (Wildman–Crippen LogP) is -2.89. The van der Waals surface area contributed by atoms with Gasteiger partial charge in [0, 0.05) is 0 Å². The second-order valence-electron chi connectivity index (χ2n) is 4.67. The molecule has 3 rings (SSSR count). The Morgan fingerprint density at radius 2 is 2.19 bits per heavy atom. The van der Waals surface area contributed by atoms with Crippen molar-refractivity contribution in [2.45, 2.75) is 24.5 Å². The number of carbonyl (C=O) groups is 2. The van der Waals surface area contributed by atoms with E-state index in [0.717, 1.165) is 0 Å². The number of rotatable bonds is 2. The van der Waals surface area contributed by atoms with Gasteiger partial charge in [-0.25, -0.2) is 9.69 Å². The van der Waals surface area contributed by atoms with Gasteiger partial charge in [0.15, 0.2) is 11.5 Å². The Morgan fingerprint density at radius 1 is 1.48 bits per heavy atom. The molecule has 0 saturated carbocycles. The Labute approximate surface area is 117 Å². The molecule has 11 heteroatoms. The Morgan fingerprint density at radius 3 is 2.81 bits per heavy atom. The molecule has 21 heavy (non-hydrogen) atoms. The molecular formula is C10H11N5O6. The summed E-state index contributed by atoms with van der Waals surface area (Å²) >= 11 is 0. The van der Waals surface area contributed by atoms with E-state index in [2.05, 4.69) is 15.3 Å². The molecule has 1 saturated heterocycles. The van der Waals surface area contributed by atoms with Crippen LogP contribution in [0.4, 0.5) is 4.79 Å². The SMILES string of the molecule is N=C1N=C2C(=NC(=O)N2[C@@]2(O)C[C@H](O)[C@@H](CO)O2)C(=O)N1. The van der Waals surface area contributed by atoms with Gasteiger partial charge in [-0.1, -0.05) is 0 Å². The van der Waals surface area contributed by atoms with Crippen molar-refractivity contribution in [3.63, 3.8) is 0 Å². The molecular weight excluding hydrogens is 286 g/mol. The number of aliphatic imine (C=N–C) groups is 2. The van der Waals surface area contributed by atoms with E-state index in [-0.39, 0.29) is 11.5 Å². The van der Waals surface area contributed by atoms with Gasteiger partial charge in [-0.15, -0.1) is 0 Å². The van der Waals surface area contributed by atoms with Crippen molar-refractivity contribution >= 4 is 29.4 Å². The van der Waals surface area contributed by atoms with Crippen LogP contribution in [0.2, 0.25) is 0 Å². The molecule has 112 valence electrons. The highest BCUT2D eigenvalue weighted by atomic mass is 16.7. The number of aliphatic hydroxyl groups is 3. The van der Waals surface area contributed by atoms with Crippen LogP contribution in [0, 0.1) is 5.41 Å². The van der Waals surface area contributed by atoms with Crippen LogP contribution >= 0.6 is 0 Å². The topological polar surface area (TPSA) is 168 Å². The molecule has 0 aromatic rings. The lowest BCUT2D eigenvalue weighted by Crippen LogP contribution is -2.56. The van der Waals surface area contributed by atoms with Gasteiger partial charge in [0.1, 0.15) is 6.10 Å². The average molecular weight is 297 g/mol. The highest BCUT2D eigenvalue weighted by Crippen LogP contribution is 2.34. The molecule has 3 aliphatic rings. The molecule has 0 aliphatic carbocycles. The molecule has 0 radical (unpaired) electrons. The van der Waals surface area contributed by atoms with E-state index in [0.29, 0.717) is 4.90 Å². The number of amides is 3. The maximum atomic E-state index is 11.9. The molecule has 0 spiro atoms. The standard InChI is InChI=1S/C10H11N5O6/c11-8-13-6-5(7(18)14-8)12-9(19)15(6)10(20)1-3(17)4(2-16)21-10/h3-4,16-17,20H,1-2H2,(H2,11,14,18)/t3-,4+,10+/m0/s1. The minimum Gasteiger partial charge on any atom is -0.394 e. The van der Waals surface area contributed by atoms with E-state index in [9.17, 15) is 19.8 Å². The number of nitrogens with zero attached hydrogens (tertiary/aromatic N) is 3. The summed E-state index contributed by atoms with van der Waals surface area (Å²) in [6.07, 6.45) is -2.72. The maximum absolute atomic E-state index is 11.9. The van der Waals surface area contributed by atoms with Crippen LogP contribution in [0.1, 0.15) is 6.42 Å². The lowest BCUT2D eigenvalue weighted by molar-refractivity contribution is -0.247. The fourth-order valence-electron chi connectivity index (χ4n) is 2.34. The zero-order chi connectivity index (χ0) is 15.4. The fourth-order valence-corrected chi connectivity index (χ4v) is 2.34. The van der Waals surface area contributed by atoms with Crippen molar-refractivity contribution in [2.75, 3.05) is 6.61 Å². The summed E-state index contributed by atoms with van der Waals surface area (Å²) in [6, 6.07) is -1.01. The molecule has 3 atom stereocenters. The first-order chi connectivity index (χ1) is 9.85. The summed E-state index contributed by atoms with van der Waals surface area (Å²) in [5.41, 5.74) is -0.352. The van der Waals surface area contributed by atoms with E-state index in [1.807, 2.05) is 0 Å². The monoisotopic (exact) mass is 297 g/mol. The number of hydrogen-bond donors (Lipinski definition) is 5. The largest absolute Gasteiger partial charge is 0.394 e. The van der Waals surface area contributed by atoms with Crippen LogP contribution < -0.4 is 5.32 Å². The van der Waals surface area contributed by atoms with E-state index in [1.54, 1.807) is 0 Å². The number of carbonyl (C=O) groups excluding carboxylic acids is 2. The minimum atomic E-state index is -2.30. The van der Waals surface area contributed by atoms with Gasteiger partial charge in [-0.05, 0) is 0 Å². The number of nitrogens with one attached hydrogen (secondary N) is 2. The molecule has 3 amide bonds. The van der Waals surface area contributed by atoms with Gasteiger partial charge >= 0.3 is 6.03 Å². The second-order valence-corrected chi connectivity index (χ2v) is 4.67. The van der Waals surface area contributed by atoms with E-state index in [4.69, 9.17) is 15.3 Å². The smallest absolute Gasteiger partial charge is 0.354 e. The predicted molar refractivity (Wildman–Crippen MR) is 65.5 cm³/mol. The van der Waals surface area contributed by atoms with Crippen LogP contribution in [0.25, 0.3) is 0 Å². The third-order valence-corrected chi connectivity index (χ3v) is 3.26. The number of aliphatic hydroxyl groups excluding tert-OH is 2. The number of hydrogen-bond acceptors (Lipinski definition) is 7. The number of urea groups is 1. The lowest BCUT2D eigenvalue weighted by Gasteiger charge is -2.32. The van der Waals surface area contributed by atoms with Crippen molar-refractivity contribution in [2.24, 2.45) is 9.98 Å². The molecule has 1 fully saturated rings. The molecule has 0 aromatic heterocycles. The van der Waals surface area contributed by atoms with Crippen molar-refractivity contribution in [3.8, 4) is 0 Å². The van der Waals surface area contributed by atoms with Crippen LogP contribution in [0.5, 0.6) is 0 Å². The molecule has 0 aromatic carbocycles. The third kappa shape index (κ3) is 1.94. The molecule has 3 aliphatic heterocycles. The average Bonchev–Trinajstić information content (AvgIpc) is 2.87. The summed E-state index contributed by atoms with van der Waals surface area (Å²) in [6.45, 7) is -0.567. The van der Waals surface area contributed by atoms with Crippen LogP contribution in [-0.2, 0) is 9.53 Å². The van der Waals surface area contributed by atoms with Gasteiger partial charge in [0.25, 0.3) is 11.8 Å². The Balaban J connectivity index is 1.99. The van der Waals surface area contributed by atoms with Gasteiger partial charge in [-0.2, -0.15) is 9.98 Å². The minimum absolute atomic E-state index is 0.331. The van der Waals surface area contributed by atoms with Gasteiger partial charge in [-0.3, -0.25) is 15.5 Å². The normalized spacial score (nSPS) is 35.6. The molecule has 3 heterocycles. The first-order valence-corrected chi connectivity index (χ1v) is 5.96. The Kier molecular flexibility index (Phi) is 2.88. The zero-order valence-electron chi connectivity index (χ0n) is 10.5. The van der Waals surface area contributed by atoms with Gasteiger partial charge in [0.05, 0.1) is 19.1 Å². The van der Waals surface area contributed by atoms with E-state index < -0.39 is 49.0 Å². The van der Waals surface area contributed by atoms with Crippen molar-refractivity contribution in [3.05, 3.63) is 0 Å². The quantitative estimate of drug-likeness (QED) is 0.366. The highest BCUT2D eigenvalue weighted by Gasteiger charge is 2.56. The second kappa shape index (κ2) is 4.39. The maximum Gasteiger partial charge on any atom is 0.354 e. The first-order valence-electron chi connectivity index (χ1n) is 5.96. The van der Waals surface area contributed by atoms with Crippen molar-refractivity contribution in [1.29, 1.82) is 5.41 Å². The van der Waals surface area contributed by atoms with Crippen LogP contribution in [0.3, 0.4) is 0 Å². The summed E-state index contributed by atoms with van der Waals surface area (Å²) in [5.74, 6) is -3.95. The number of guanidine groups is 1. The van der Waals surface area contributed by atoms with Crippen LogP contribution in [-0.4, -0.2) is 74.4 Å². The first kappa shape index (κ1) is 13.8.